The van der Waals surface area contributed by atoms with Crippen LogP contribution in [0.1, 0.15) is 11.1 Å². The number of amides is 2. The number of hydrogen-bond acceptors (Lipinski definition) is 5. The van der Waals surface area contributed by atoms with Gasteiger partial charge in [-0.05, 0) is 67.9 Å². The summed E-state index contributed by atoms with van der Waals surface area (Å²) in [7, 11) is -3.75. The van der Waals surface area contributed by atoms with Crippen LogP contribution in [0, 0.1) is 13.8 Å². The van der Waals surface area contributed by atoms with Gasteiger partial charge in [-0.3, -0.25) is 4.72 Å². The minimum Gasteiger partial charge on any atom is -0.308 e. The topological polar surface area (TPSA) is 100 Å². The standard InChI is InChI=1S/C22H19ClN4O3S2/c1-13-3-9-18(10-4-13)32(29,30)27-22-26-20-14(2)11-17(12-19(20)31-22)25-21(28)24-16-7-5-15(23)6-8-16/h3-12H,1-2H3,(H,26,27)(H2,24,25,28). The average Bonchev–Trinajstić information content (AvgIpc) is 3.12. The largest absolute Gasteiger partial charge is 0.323 e. The van der Waals surface area contributed by atoms with E-state index in [9.17, 15) is 13.2 Å². The van der Waals surface area contributed by atoms with E-state index in [1.807, 2.05) is 13.8 Å². The Labute approximate surface area is 194 Å². The van der Waals surface area contributed by atoms with Crippen LogP contribution in [-0.2, 0) is 10.0 Å². The summed E-state index contributed by atoms with van der Waals surface area (Å²) in [5, 5.41) is 6.35. The maximum Gasteiger partial charge on any atom is 0.323 e. The van der Waals surface area contributed by atoms with E-state index in [1.54, 1.807) is 60.7 Å². The van der Waals surface area contributed by atoms with E-state index >= 15 is 0 Å². The molecule has 10 heteroatoms. The summed E-state index contributed by atoms with van der Waals surface area (Å²) >= 11 is 7.05. The van der Waals surface area contributed by atoms with Crippen molar-refractivity contribution in [2.75, 3.05) is 15.4 Å². The highest BCUT2D eigenvalue weighted by atomic mass is 35.5. The van der Waals surface area contributed by atoms with Crippen LogP contribution in [0.2, 0.25) is 5.02 Å². The lowest BCUT2D eigenvalue weighted by Crippen LogP contribution is -2.19. The first-order chi connectivity index (χ1) is 15.2. The molecule has 0 unspecified atom stereocenters. The predicted molar refractivity (Wildman–Crippen MR) is 130 cm³/mol. The highest BCUT2D eigenvalue weighted by Gasteiger charge is 2.17. The van der Waals surface area contributed by atoms with Gasteiger partial charge >= 0.3 is 6.03 Å². The zero-order chi connectivity index (χ0) is 22.9. The van der Waals surface area contributed by atoms with E-state index < -0.39 is 16.1 Å². The number of benzene rings is 3. The van der Waals surface area contributed by atoms with Crippen LogP contribution in [0.15, 0.2) is 65.6 Å². The lowest BCUT2D eigenvalue weighted by molar-refractivity contribution is 0.262. The Morgan fingerprint density at radius 3 is 2.28 bits per heavy atom. The maximum absolute atomic E-state index is 12.7. The molecule has 0 spiro atoms. The fourth-order valence-corrected chi connectivity index (χ4v) is 5.37. The number of halogens is 1. The first kappa shape index (κ1) is 22.1. The van der Waals surface area contributed by atoms with Crippen molar-refractivity contribution in [2.24, 2.45) is 0 Å². The normalized spacial score (nSPS) is 11.3. The number of nitrogens with one attached hydrogen (secondary N) is 3. The van der Waals surface area contributed by atoms with Crippen LogP contribution in [0.4, 0.5) is 21.3 Å². The third kappa shape index (κ3) is 5.01. The van der Waals surface area contributed by atoms with Gasteiger partial charge in [-0.1, -0.05) is 40.6 Å². The fraction of sp³-hybridized carbons (Fsp3) is 0.0909. The van der Waals surface area contributed by atoms with Crippen LogP contribution in [-0.4, -0.2) is 19.4 Å². The summed E-state index contributed by atoms with van der Waals surface area (Å²) in [6.45, 7) is 3.74. The Morgan fingerprint density at radius 2 is 1.59 bits per heavy atom. The first-order valence-corrected chi connectivity index (χ1v) is 12.2. The summed E-state index contributed by atoms with van der Waals surface area (Å²) < 4.78 is 28.6. The van der Waals surface area contributed by atoms with Gasteiger partial charge in [0, 0.05) is 16.4 Å². The van der Waals surface area contributed by atoms with Crippen LogP contribution < -0.4 is 15.4 Å². The molecule has 1 heterocycles. The molecule has 164 valence electrons. The van der Waals surface area contributed by atoms with E-state index in [-0.39, 0.29) is 10.0 Å². The van der Waals surface area contributed by atoms with Gasteiger partial charge in [0.05, 0.1) is 15.1 Å². The monoisotopic (exact) mass is 486 g/mol. The number of fused-ring (bicyclic) bond motifs is 1. The molecule has 4 aromatic rings. The molecule has 2 amide bonds. The Bertz CT molecular complexity index is 1400. The number of nitrogens with zero attached hydrogens (tertiary/aromatic N) is 1. The number of carbonyl (C=O) groups excluding carboxylic acids is 1. The van der Waals surface area contributed by atoms with Crippen molar-refractivity contribution >= 4 is 65.7 Å². The maximum atomic E-state index is 12.7. The second-order valence-corrected chi connectivity index (χ2v) is 10.3. The number of aryl methyl sites for hydroxylation is 2. The smallest absolute Gasteiger partial charge is 0.308 e. The van der Waals surface area contributed by atoms with Gasteiger partial charge in [0.1, 0.15) is 0 Å². The minimum absolute atomic E-state index is 0.167. The SMILES string of the molecule is Cc1ccc(S(=O)(=O)Nc2nc3c(C)cc(NC(=O)Nc4ccc(Cl)cc4)cc3s2)cc1. The number of rotatable bonds is 5. The highest BCUT2D eigenvalue weighted by molar-refractivity contribution is 7.93. The number of hydrogen-bond donors (Lipinski definition) is 3. The molecule has 1 aromatic heterocycles. The average molecular weight is 487 g/mol. The molecule has 7 nitrogen and oxygen atoms in total. The number of thiazole rings is 1. The molecule has 0 saturated heterocycles. The second kappa shape index (κ2) is 8.78. The van der Waals surface area contributed by atoms with Gasteiger partial charge < -0.3 is 10.6 Å². The van der Waals surface area contributed by atoms with E-state index in [2.05, 4.69) is 20.3 Å². The lowest BCUT2D eigenvalue weighted by Gasteiger charge is -2.08. The second-order valence-electron chi connectivity index (χ2n) is 7.16. The predicted octanol–water partition coefficient (Wildman–Crippen LogP) is 6.01. The Balaban J connectivity index is 1.53. The molecular weight excluding hydrogens is 468 g/mol. The van der Waals surface area contributed by atoms with Crippen LogP contribution in [0.5, 0.6) is 0 Å². The van der Waals surface area contributed by atoms with E-state index in [0.717, 1.165) is 15.8 Å². The molecular formula is C22H19ClN4O3S2. The molecule has 0 aliphatic carbocycles. The van der Waals surface area contributed by atoms with Crippen LogP contribution in [0.25, 0.3) is 10.2 Å². The van der Waals surface area contributed by atoms with Gasteiger partial charge in [-0.25, -0.2) is 18.2 Å². The number of aromatic nitrogens is 1. The molecule has 0 bridgehead atoms. The zero-order valence-electron chi connectivity index (χ0n) is 17.1. The first-order valence-electron chi connectivity index (χ1n) is 9.54. The molecule has 3 aromatic carbocycles. The molecule has 0 atom stereocenters. The third-order valence-corrected chi connectivity index (χ3v) is 7.25. The van der Waals surface area contributed by atoms with Crippen LogP contribution in [0.3, 0.4) is 0 Å². The summed E-state index contributed by atoms with van der Waals surface area (Å²) in [4.78, 5) is 16.9. The van der Waals surface area contributed by atoms with Crippen molar-refractivity contribution in [3.63, 3.8) is 0 Å². The Morgan fingerprint density at radius 1 is 0.938 bits per heavy atom. The van der Waals surface area contributed by atoms with Gasteiger partial charge in [0.15, 0.2) is 5.13 Å². The Hall–Kier alpha value is -3.14. The van der Waals surface area contributed by atoms with Gasteiger partial charge in [-0.15, -0.1) is 0 Å². The number of sulfonamides is 1. The van der Waals surface area contributed by atoms with Crippen molar-refractivity contribution in [3.8, 4) is 0 Å². The van der Waals surface area contributed by atoms with E-state index in [4.69, 9.17) is 11.6 Å². The van der Waals surface area contributed by atoms with Gasteiger partial charge in [-0.2, -0.15) is 0 Å². The molecule has 0 radical (unpaired) electrons. The van der Waals surface area contributed by atoms with Crippen molar-refractivity contribution in [2.45, 2.75) is 18.7 Å². The molecule has 0 aliphatic rings. The van der Waals surface area contributed by atoms with Crippen LogP contribution >= 0.6 is 22.9 Å². The Kier molecular flexibility index (Phi) is 6.05. The lowest BCUT2D eigenvalue weighted by atomic mass is 10.2. The molecule has 3 N–H and O–H groups in total. The highest BCUT2D eigenvalue weighted by Crippen LogP contribution is 2.32. The molecule has 4 rings (SSSR count). The van der Waals surface area contributed by atoms with E-state index in [0.29, 0.717) is 21.9 Å². The molecule has 32 heavy (non-hydrogen) atoms. The molecule has 0 saturated carbocycles. The summed E-state index contributed by atoms with van der Waals surface area (Å²) in [6.07, 6.45) is 0. The summed E-state index contributed by atoms with van der Waals surface area (Å²) in [6, 6.07) is 16.5. The van der Waals surface area contributed by atoms with Crippen molar-refractivity contribution in [1.29, 1.82) is 0 Å². The van der Waals surface area contributed by atoms with Gasteiger partial charge in [0.25, 0.3) is 10.0 Å². The molecule has 0 fully saturated rings. The quantitative estimate of drug-likeness (QED) is 0.321. The summed E-state index contributed by atoms with van der Waals surface area (Å²) in [5.74, 6) is 0. The van der Waals surface area contributed by atoms with Crippen molar-refractivity contribution in [1.82, 2.24) is 4.98 Å². The number of urea groups is 1. The van der Waals surface area contributed by atoms with Crippen molar-refractivity contribution in [3.05, 3.63) is 76.8 Å². The number of carbonyl (C=O) groups is 1. The van der Waals surface area contributed by atoms with Gasteiger partial charge in [0.2, 0.25) is 0 Å². The fourth-order valence-electron chi connectivity index (χ4n) is 3.03. The number of anilines is 3. The van der Waals surface area contributed by atoms with Crippen molar-refractivity contribution < 1.29 is 13.2 Å². The third-order valence-electron chi connectivity index (χ3n) is 4.60. The molecule has 0 aliphatic heterocycles. The summed E-state index contributed by atoms with van der Waals surface area (Å²) in [5.41, 5.74) is 3.62. The minimum atomic E-state index is -3.75. The zero-order valence-corrected chi connectivity index (χ0v) is 19.5. The van der Waals surface area contributed by atoms with E-state index in [1.165, 1.54) is 11.3 Å².